The molecule has 0 saturated carbocycles. The third-order valence-corrected chi connectivity index (χ3v) is 3.87. The number of carbonyl (C=O) groups is 2. The van der Waals surface area contributed by atoms with E-state index in [9.17, 15) is 9.59 Å². The van der Waals surface area contributed by atoms with Crippen molar-refractivity contribution < 1.29 is 9.59 Å². The minimum atomic E-state index is -0.422. The molecule has 0 radical (unpaired) electrons. The molecule has 0 aromatic carbocycles. The quantitative estimate of drug-likeness (QED) is 0.786. The van der Waals surface area contributed by atoms with Crippen LogP contribution in [0.2, 0.25) is 0 Å². The highest BCUT2D eigenvalue weighted by atomic mass is 32.1. The average molecular weight is 282 g/mol. The summed E-state index contributed by atoms with van der Waals surface area (Å²) in [4.78, 5) is 25.9. The average Bonchev–Trinajstić information content (AvgIpc) is 2.65. The molecule has 19 heavy (non-hydrogen) atoms. The SMILES string of the molecule is Cc1cc(C(=O)CCC(=O)NC(C)(C)CN)c(C)s1. The summed E-state index contributed by atoms with van der Waals surface area (Å²) in [6.45, 7) is 8.00. The van der Waals surface area contributed by atoms with E-state index in [1.165, 1.54) is 0 Å². The van der Waals surface area contributed by atoms with E-state index in [-0.39, 0.29) is 24.5 Å². The van der Waals surface area contributed by atoms with E-state index < -0.39 is 5.54 Å². The smallest absolute Gasteiger partial charge is 0.220 e. The second-order valence-corrected chi connectivity index (χ2v) is 6.85. The van der Waals surface area contributed by atoms with E-state index in [2.05, 4.69) is 5.32 Å². The number of ketones is 1. The Balaban J connectivity index is 2.51. The Morgan fingerprint density at radius 3 is 2.42 bits per heavy atom. The first-order valence-electron chi connectivity index (χ1n) is 6.36. The number of hydrogen-bond donors (Lipinski definition) is 2. The molecule has 0 saturated heterocycles. The summed E-state index contributed by atoms with van der Waals surface area (Å²) in [5, 5.41) is 2.82. The Morgan fingerprint density at radius 2 is 1.95 bits per heavy atom. The van der Waals surface area contributed by atoms with Gasteiger partial charge in [-0.05, 0) is 33.8 Å². The molecule has 0 spiro atoms. The van der Waals surface area contributed by atoms with Gasteiger partial charge in [0, 0.05) is 40.2 Å². The van der Waals surface area contributed by atoms with Gasteiger partial charge in [-0.1, -0.05) is 0 Å². The van der Waals surface area contributed by atoms with Crippen LogP contribution in [0, 0.1) is 13.8 Å². The molecule has 0 bridgehead atoms. The van der Waals surface area contributed by atoms with Crippen molar-refractivity contribution in [2.45, 2.75) is 46.1 Å². The lowest BCUT2D eigenvalue weighted by atomic mass is 10.0. The van der Waals surface area contributed by atoms with Crippen molar-refractivity contribution in [1.82, 2.24) is 5.32 Å². The maximum atomic E-state index is 12.0. The Labute approximate surface area is 118 Å². The molecular weight excluding hydrogens is 260 g/mol. The van der Waals surface area contributed by atoms with Crippen molar-refractivity contribution in [2.24, 2.45) is 5.73 Å². The lowest BCUT2D eigenvalue weighted by molar-refractivity contribution is -0.122. The lowest BCUT2D eigenvalue weighted by Crippen LogP contribution is -2.48. The second-order valence-electron chi connectivity index (χ2n) is 5.39. The van der Waals surface area contributed by atoms with Crippen molar-refractivity contribution >= 4 is 23.0 Å². The summed E-state index contributed by atoms with van der Waals surface area (Å²) < 4.78 is 0. The van der Waals surface area contributed by atoms with E-state index >= 15 is 0 Å². The molecule has 1 heterocycles. The van der Waals surface area contributed by atoms with Gasteiger partial charge < -0.3 is 11.1 Å². The molecule has 0 aliphatic carbocycles. The minimum Gasteiger partial charge on any atom is -0.350 e. The van der Waals surface area contributed by atoms with E-state index in [1.54, 1.807) is 11.3 Å². The molecule has 1 aromatic rings. The fraction of sp³-hybridized carbons (Fsp3) is 0.571. The first-order valence-corrected chi connectivity index (χ1v) is 7.18. The first kappa shape index (κ1) is 15.9. The standard InChI is InChI=1S/C14H22N2O2S/c1-9-7-11(10(2)19-9)12(17)5-6-13(18)16-14(3,4)8-15/h7H,5-6,8,15H2,1-4H3,(H,16,18). The van der Waals surface area contributed by atoms with Crippen LogP contribution in [-0.2, 0) is 4.79 Å². The number of aryl methyl sites for hydroxylation is 2. The largest absolute Gasteiger partial charge is 0.350 e. The summed E-state index contributed by atoms with van der Waals surface area (Å²) in [7, 11) is 0. The molecule has 1 amide bonds. The van der Waals surface area contributed by atoms with Gasteiger partial charge in [-0.25, -0.2) is 0 Å². The number of thiophene rings is 1. The number of carbonyl (C=O) groups excluding carboxylic acids is 2. The summed E-state index contributed by atoms with van der Waals surface area (Å²) in [5.74, 6) is -0.101. The Kier molecular flexibility index (Phi) is 5.26. The number of amides is 1. The molecule has 0 unspecified atom stereocenters. The van der Waals surface area contributed by atoms with Crippen LogP contribution in [0.1, 0.15) is 46.8 Å². The van der Waals surface area contributed by atoms with Crippen molar-refractivity contribution in [3.63, 3.8) is 0 Å². The predicted molar refractivity (Wildman–Crippen MR) is 78.6 cm³/mol. The van der Waals surface area contributed by atoms with Gasteiger partial charge in [-0.3, -0.25) is 9.59 Å². The van der Waals surface area contributed by atoms with Gasteiger partial charge in [0.2, 0.25) is 5.91 Å². The fourth-order valence-corrected chi connectivity index (χ4v) is 2.70. The van der Waals surface area contributed by atoms with Crippen LogP contribution in [0.5, 0.6) is 0 Å². The zero-order chi connectivity index (χ0) is 14.6. The van der Waals surface area contributed by atoms with Crippen LogP contribution < -0.4 is 11.1 Å². The van der Waals surface area contributed by atoms with Gasteiger partial charge in [0.1, 0.15) is 0 Å². The van der Waals surface area contributed by atoms with Gasteiger partial charge in [0.15, 0.2) is 5.78 Å². The Hall–Kier alpha value is -1.20. The number of rotatable bonds is 6. The van der Waals surface area contributed by atoms with Crippen molar-refractivity contribution in [2.75, 3.05) is 6.54 Å². The maximum absolute atomic E-state index is 12.0. The number of nitrogens with two attached hydrogens (primary N) is 1. The van der Waals surface area contributed by atoms with Crippen molar-refractivity contribution in [3.05, 3.63) is 21.4 Å². The summed E-state index contributed by atoms with van der Waals surface area (Å²) in [6, 6.07) is 1.89. The number of hydrogen-bond acceptors (Lipinski definition) is 4. The second kappa shape index (κ2) is 6.30. The zero-order valence-electron chi connectivity index (χ0n) is 12.0. The van der Waals surface area contributed by atoms with Crippen LogP contribution in [-0.4, -0.2) is 23.8 Å². The topological polar surface area (TPSA) is 72.2 Å². The summed E-state index contributed by atoms with van der Waals surface area (Å²) in [5.41, 5.74) is 5.87. The summed E-state index contributed by atoms with van der Waals surface area (Å²) in [6.07, 6.45) is 0.445. The molecule has 5 heteroatoms. The van der Waals surface area contributed by atoms with E-state index in [4.69, 9.17) is 5.73 Å². The lowest BCUT2D eigenvalue weighted by Gasteiger charge is -2.24. The third-order valence-electron chi connectivity index (χ3n) is 2.91. The molecule has 0 aliphatic heterocycles. The van der Waals surface area contributed by atoms with Gasteiger partial charge in [0.05, 0.1) is 0 Å². The van der Waals surface area contributed by atoms with Crippen LogP contribution in [0.15, 0.2) is 6.07 Å². The van der Waals surface area contributed by atoms with Gasteiger partial charge >= 0.3 is 0 Å². The molecule has 1 aromatic heterocycles. The number of nitrogens with one attached hydrogen (secondary N) is 1. The monoisotopic (exact) mass is 282 g/mol. The fourth-order valence-electron chi connectivity index (χ4n) is 1.76. The van der Waals surface area contributed by atoms with Gasteiger partial charge in [-0.2, -0.15) is 0 Å². The molecule has 106 valence electrons. The molecular formula is C14H22N2O2S. The van der Waals surface area contributed by atoms with E-state index in [0.29, 0.717) is 6.54 Å². The van der Waals surface area contributed by atoms with Crippen LogP contribution in [0.3, 0.4) is 0 Å². The van der Waals surface area contributed by atoms with E-state index in [1.807, 2.05) is 33.8 Å². The molecule has 0 fully saturated rings. The highest BCUT2D eigenvalue weighted by Crippen LogP contribution is 2.22. The highest BCUT2D eigenvalue weighted by molar-refractivity contribution is 7.12. The normalized spacial score (nSPS) is 11.4. The Bertz CT molecular complexity index is 478. The minimum absolute atomic E-state index is 0.0301. The van der Waals surface area contributed by atoms with Crippen LogP contribution in [0.4, 0.5) is 0 Å². The van der Waals surface area contributed by atoms with Crippen molar-refractivity contribution in [1.29, 1.82) is 0 Å². The Morgan fingerprint density at radius 1 is 1.32 bits per heavy atom. The van der Waals surface area contributed by atoms with E-state index in [0.717, 1.165) is 15.3 Å². The van der Waals surface area contributed by atoms with Gasteiger partial charge in [-0.15, -0.1) is 11.3 Å². The maximum Gasteiger partial charge on any atom is 0.220 e. The van der Waals surface area contributed by atoms with Crippen LogP contribution in [0.25, 0.3) is 0 Å². The molecule has 4 nitrogen and oxygen atoms in total. The molecule has 0 atom stereocenters. The van der Waals surface area contributed by atoms with Crippen molar-refractivity contribution in [3.8, 4) is 0 Å². The molecule has 0 aliphatic rings. The highest BCUT2D eigenvalue weighted by Gasteiger charge is 2.19. The summed E-state index contributed by atoms with van der Waals surface area (Å²) >= 11 is 1.61. The first-order chi connectivity index (χ1) is 8.75. The molecule has 3 N–H and O–H groups in total. The molecule has 1 rings (SSSR count). The predicted octanol–water partition coefficient (Wildman–Crippen LogP) is 2.18. The van der Waals surface area contributed by atoms with Crippen LogP contribution >= 0.6 is 11.3 Å². The zero-order valence-corrected chi connectivity index (χ0v) is 12.8. The number of Topliss-reactive ketones (excluding diaryl/α,β-unsaturated/α-hetero) is 1. The van der Waals surface area contributed by atoms with Gasteiger partial charge in [0.25, 0.3) is 0 Å². The third kappa shape index (κ3) is 4.76.